The summed E-state index contributed by atoms with van der Waals surface area (Å²) in [4.78, 5) is 11.9. The highest BCUT2D eigenvalue weighted by atomic mass is 16.6. The Kier molecular flexibility index (Phi) is 3.65. The molecule has 0 unspecified atom stereocenters. The van der Waals surface area contributed by atoms with Crippen LogP contribution in [0, 0.1) is 0 Å². The maximum Gasteiger partial charge on any atom is 0.412 e. The second-order valence-electron chi connectivity index (χ2n) is 6.07. The summed E-state index contributed by atoms with van der Waals surface area (Å²) in [6.45, 7) is 5.40. The fourth-order valence-corrected chi connectivity index (χ4v) is 1.96. The lowest BCUT2D eigenvalue weighted by Gasteiger charge is -2.21. The highest BCUT2D eigenvalue weighted by molar-refractivity contribution is 5.86. The second kappa shape index (κ2) is 4.98. The van der Waals surface area contributed by atoms with Gasteiger partial charge in [0.2, 0.25) is 0 Å². The van der Waals surface area contributed by atoms with E-state index in [1.807, 2.05) is 0 Å². The van der Waals surface area contributed by atoms with Crippen molar-refractivity contribution in [1.29, 1.82) is 0 Å². The van der Waals surface area contributed by atoms with Gasteiger partial charge in [-0.25, -0.2) is 4.79 Å². The highest BCUT2D eigenvalue weighted by Gasteiger charge is 2.44. The van der Waals surface area contributed by atoms with Crippen molar-refractivity contribution in [1.82, 2.24) is 0 Å². The average Bonchev–Trinajstić information content (AvgIpc) is 3.05. The fraction of sp³-hybridized carbons (Fsp3) is 0.533. The summed E-state index contributed by atoms with van der Waals surface area (Å²) in [6.07, 6.45) is 0.848. The van der Waals surface area contributed by atoms with Crippen molar-refractivity contribution in [3.63, 3.8) is 0 Å². The Balaban J connectivity index is 2.22. The molecule has 0 spiro atoms. The number of carbonyl (C=O) groups excluding carboxylic acids is 1. The van der Waals surface area contributed by atoms with E-state index in [-0.39, 0.29) is 0 Å². The summed E-state index contributed by atoms with van der Waals surface area (Å²) in [5.41, 5.74) is -0.182. The van der Waals surface area contributed by atoms with Gasteiger partial charge in [0, 0.05) is 11.6 Å². The number of hydrogen-bond acceptors (Lipinski definition) is 4. The molecule has 20 heavy (non-hydrogen) atoms. The van der Waals surface area contributed by atoms with Crippen LogP contribution < -0.4 is 10.1 Å². The van der Waals surface area contributed by atoms with Crippen LogP contribution in [0.25, 0.3) is 0 Å². The Labute approximate surface area is 118 Å². The SMILES string of the molecule is COc1ccc(C2(O)CC2)c(NC(=O)OC(C)(C)C)c1. The summed E-state index contributed by atoms with van der Waals surface area (Å²) in [6, 6.07) is 5.24. The number of amides is 1. The third-order valence-electron chi connectivity index (χ3n) is 3.09. The molecule has 1 saturated carbocycles. The standard InChI is InChI=1S/C15H21NO4/c1-14(2,3)20-13(17)16-12-9-10(19-4)5-6-11(12)15(18)7-8-15/h5-6,9,18H,7-8H2,1-4H3,(H,16,17). The van der Waals surface area contributed by atoms with Gasteiger partial charge in [0.25, 0.3) is 0 Å². The number of carbonyl (C=O) groups is 1. The monoisotopic (exact) mass is 279 g/mol. The van der Waals surface area contributed by atoms with Crippen LogP contribution in [0.4, 0.5) is 10.5 Å². The van der Waals surface area contributed by atoms with Gasteiger partial charge in [-0.1, -0.05) is 6.07 Å². The number of anilines is 1. The number of hydrogen-bond donors (Lipinski definition) is 2. The molecule has 0 radical (unpaired) electrons. The number of aliphatic hydroxyl groups is 1. The Morgan fingerprint density at radius 2 is 2.00 bits per heavy atom. The van der Waals surface area contributed by atoms with E-state index in [1.54, 1.807) is 46.1 Å². The van der Waals surface area contributed by atoms with Gasteiger partial charge >= 0.3 is 6.09 Å². The molecule has 1 aliphatic carbocycles. The van der Waals surface area contributed by atoms with Crippen molar-refractivity contribution >= 4 is 11.8 Å². The first-order valence-corrected chi connectivity index (χ1v) is 6.64. The van der Waals surface area contributed by atoms with E-state index < -0.39 is 17.3 Å². The minimum Gasteiger partial charge on any atom is -0.497 e. The van der Waals surface area contributed by atoms with Crippen LogP contribution in [0.3, 0.4) is 0 Å². The Hall–Kier alpha value is -1.75. The molecule has 5 nitrogen and oxygen atoms in total. The van der Waals surface area contributed by atoms with E-state index >= 15 is 0 Å². The summed E-state index contributed by atoms with van der Waals surface area (Å²) >= 11 is 0. The summed E-state index contributed by atoms with van der Waals surface area (Å²) in [5, 5.41) is 12.9. The molecule has 0 aromatic heterocycles. The van der Waals surface area contributed by atoms with Crippen molar-refractivity contribution < 1.29 is 19.4 Å². The van der Waals surface area contributed by atoms with Crippen LogP contribution in [0.5, 0.6) is 5.75 Å². The van der Waals surface area contributed by atoms with E-state index in [0.717, 1.165) is 0 Å². The number of rotatable bonds is 3. The maximum atomic E-state index is 11.9. The molecule has 0 atom stereocenters. The summed E-state index contributed by atoms with van der Waals surface area (Å²) in [7, 11) is 1.55. The Morgan fingerprint density at radius 1 is 1.35 bits per heavy atom. The third-order valence-corrected chi connectivity index (χ3v) is 3.09. The van der Waals surface area contributed by atoms with Crippen molar-refractivity contribution in [2.75, 3.05) is 12.4 Å². The minimum atomic E-state index is -0.837. The zero-order valence-corrected chi connectivity index (χ0v) is 12.3. The molecule has 1 amide bonds. The first-order valence-electron chi connectivity index (χ1n) is 6.64. The van der Waals surface area contributed by atoms with Crippen molar-refractivity contribution in [3.05, 3.63) is 23.8 Å². The van der Waals surface area contributed by atoms with Gasteiger partial charge in [-0.15, -0.1) is 0 Å². The van der Waals surface area contributed by atoms with Crippen molar-refractivity contribution in [2.24, 2.45) is 0 Å². The van der Waals surface area contributed by atoms with E-state index in [2.05, 4.69) is 5.32 Å². The van der Waals surface area contributed by atoms with Gasteiger partial charge in [-0.05, 0) is 39.7 Å². The summed E-state index contributed by atoms with van der Waals surface area (Å²) < 4.78 is 10.4. The smallest absolute Gasteiger partial charge is 0.412 e. The molecule has 0 aliphatic heterocycles. The van der Waals surface area contributed by atoms with Gasteiger partial charge < -0.3 is 14.6 Å². The van der Waals surface area contributed by atoms with Crippen LogP contribution in [0.15, 0.2) is 18.2 Å². The van der Waals surface area contributed by atoms with Gasteiger partial charge in [0.15, 0.2) is 0 Å². The predicted octanol–water partition coefficient (Wildman–Crippen LogP) is 3.02. The molecule has 2 N–H and O–H groups in total. The lowest BCUT2D eigenvalue weighted by Crippen LogP contribution is -2.28. The van der Waals surface area contributed by atoms with Crippen molar-refractivity contribution in [3.8, 4) is 5.75 Å². The maximum absolute atomic E-state index is 11.9. The molecule has 1 aliphatic rings. The topological polar surface area (TPSA) is 67.8 Å². The molecule has 5 heteroatoms. The van der Waals surface area contributed by atoms with E-state index in [4.69, 9.17) is 9.47 Å². The van der Waals surface area contributed by atoms with Crippen LogP contribution in [0.2, 0.25) is 0 Å². The molecule has 1 aromatic carbocycles. The molecular weight excluding hydrogens is 258 g/mol. The van der Waals surface area contributed by atoms with Gasteiger partial charge in [0.05, 0.1) is 18.4 Å². The predicted molar refractivity (Wildman–Crippen MR) is 76.0 cm³/mol. The van der Waals surface area contributed by atoms with Crippen LogP contribution in [-0.2, 0) is 10.3 Å². The number of nitrogens with one attached hydrogen (secondary N) is 1. The Bertz CT molecular complexity index is 515. The molecule has 1 fully saturated rings. The zero-order chi connectivity index (χ0) is 15.0. The first-order chi connectivity index (χ1) is 9.23. The lowest BCUT2D eigenvalue weighted by atomic mass is 10.0. The third kappa shape index (κ3) is 3.42. The number of benzene rings is 1. The molecule has 2 rings (SSSR count). The van der Waals surface area contributed by atoms with E-state index in [0.29, 0.717) is 29.8 Å². The minimum absolute atomic E-state index is 0.526. The number of ether oxygens (including phenoxy) is 2. The number of methoxy groups -OCH3 is 1. The quantitative estimate of drug-likeness (QED) is 0.892. The Morgan fingerprint density at radius 3 is 2.50 bits per heavy atom. The van der Waals surface area contributed by atoms with E-state index in [1.165, 1.54) is 0 Å². The van der Waals surface area contributed by atoms with E-state index in [9.17, 15) is 9.90 Å². The molecule has 110 valence electrons. The van der Waals surface area contributed by atoms with Crippen LogP contribution in [0.1, 0.15) is 39.2 Å². The fourth-order valence-electron chi connectivity index (χ4n) is 1.96. The molecule has 1 aromatic rings. The average molecular weight is 279 g/mol. The molecular formula is C15H21NO4. The first kappa shape index (κ1) is 14.7. The van der Waals surface area contributed by atoms with Crippen LogP contribution in [-0.4, -0.2) is 23.9 Å². The van der Waals surface area contributed by atoms with Gasteiger partial charge in [-0.3, -0.25) is 5.32 Å². The molecule has 0 heterocycles. The zero-order valence-electron chi connectivity index (χ0n) is 12.3. The van der Waals surface area contributed by atoms with Gasteiger partial charge in [-0.2, -0.15) is 0 Å². The molecule has 0 bridgehead atoms. The van der Waals surface area contributed by atoms with Crippen LogP contribution >= 0.6 is 0 Å². The highest BCUT2D eigenvalue weighted by Crippen LogP contribution is 2.48. The largest absolute Gasteiger partial charge is 0.497 e. The second-order valence-corrected chi connectivity index (χ2v) is 6.07. The normalized spacial score (nSPS) is 16.4. The van der Waals surface area contributed by atoms with Crippen molar-refractivity contribution in [2.45, 2.75) is 44.8 Å². The molecule has 0 saturated heterocycles. The summed E-state index contributed by atoms with van der Waals surface area (Å²) in [5.74, 6) is 0.615. The van der Waals surface area contributed by atoms with Gasteiger partial charge in [0.1, 0.15) is 11.4 Å². The lowest BCUT2D eigenvalue weighted by molar-refractivity contribution is 0.0635.